The highest BCUT2D eigenvalue weighted by Crippen LogP contribution is 2.29. The van der Waals surface area contributed by atoms with Gasteiger partial charge in [-0.3, -0.25) is 14.7 Å². The molecular weight excluding hydrogens is 434 g/mol. The van der Waals surface area contributed by atoms with Gasteiger partial charge in [0, 0.05) is 21.8 Å². The van der Waals surface area contributed by atoms with Crippen molar-refractivity contribution in [2.45, 2.75) is 38.4 Å². The highest BCUT2D eigenvalue weighted by molar-refractivity contribution is 7.99. The average molecular weight is 458 g/mol. The SMILES string of the molecule is Cc1cccc(-n2c(SCC(=O)NC(=O)NC(C)(C)C)nnc2-c2ccc(Cl)cc2)c1. The van der Waals surface area contributed by atoms with E-state index in [-0.39, 0.29) is 5.75 Å². The van der Waals surface area contributed by atoms with E-state index in [0.29, 0.717) is 16.0 Å². The van der Waals surface area contributed by atoms with E-state index in [1.165, 1.54) is 11.8 Å². The summed E-state index contributed by atoms with van der Waals surface area (Å²) in [5.74, 6) is 0.233. The van der Waals surface area contributed by atoms with Gasteiger partial charge in [0.15, 0.2) is 11.0 Å². The molecule has 0 saturated carbocycles. The quantitative estimate of drug-likeness (QED) is 0.546. The number of carbonyl (C=O) groups is 2. The molecule has 3 amide bonds. The number of nitrogens with zero attached hydrogens (tertiary/aromatic N) is 3. The Morgan fingerprint density at radius 3 is 2.45 bits per heavy atom. The Balaban J connectivity index is 1.84. The smallest absolute Gasteiger partial charge is 0.321 e. The predicted molar refractivity (Wildman–Crippen MR) is 124 cm³/mol. The summed E-state index contributed by atoms with van der Waals surface area (Å²) >= 11 is 7.23. The molecule has 0 unspecified atom stereocenters. The number of urea groups is 1. The van der Waals surface area contributed by atoms with Crippen LogP contribution in [0.4, 0.5) is 4.79 Å². The van der Waals surface area contributed by atoms with E-state index in [4.69, 9.17) is 11.6 Å². The number of nitrogens with one attached hydrogen (secondary N) is 2. The Labute approximate surface area is 190 Å². The molecular formula is C22H24ClN5O2S. The Morgan fingerprint density at radius 2 is 1.81 bits per heavy atom. The Hall–Kier alpha value is -2.84. The normalized spacial score (nSPS) is 11.3. The van der Waals surface area contributed by atoms with Gasteiger partial charge in [0.1, 0.15) is 0 Å². The van der Waals surface area contributed by atoms with Gasteiger partial charge in [-0.05, 0) is 69.7 Å². The number of imide groups is 1. The molecule has 3 rings (SSSR count). The fraction of sp³-hybridized carbons (Fsp3) is 0.273. The van der Waals surface area contributed by atoms with Crippen molar-refractivity contribution in [2.24, 2.45) is 0 Å². The van der Waals surface area contributed by atoms with Crippen molar-refractivity contribution < 1.29 is 9.59 Å². The van der Waals surface area contributed by atoms with Gasteiger partial charge < -0.3 is 5.32 Å². The number of hydrogen-bond acceptors (Lipinski definition) is 5. The van der Waals surface area contributed by atoms with Crippen LogP contribution < -0.4 is 10.6 Å². The number of rotatable bonds is 5. The van der Waals surface area contributed by atoms with E-state index in [0.717, 1.165) is 16.8 Å². The molecule has 9 heteroatoms. The molecule has 2 N–H and O–H groups in total. The molecule has 0 aliphatic heterocycles. The standard InChI is InChI=1S/C22H24ClN5O2S/c1-14-6-5-7-17(12-14)28-19(15-8-10-16(23)11-9-15)26-27-21(28)31-13-18(29)24-20(30)25-22(2,3)4/h5-12H,13H2,1-4H3,(H2,24,25,29,30). The third-order valence-corrected chi connectivity index (χ3v) is 5.25. The van der Waals surface area contributed by atoms with E-state index in [9.17, 15) is 9.59 Å². The lowest BCUT2D eigenvalue weighted by Crippen LogP contribution is -2.48. The van der Waals surface area contributed by atoms with Gasteiger partial charge in [-0.15, -0.1) is 10.2 Å². The molecule has 0 atom stereocenters. The van der Waals surface area contributed by atoms with Crippen molar-refractivity contribution in [1.82, 2.24) is 25.4 Å². The zero-order valence-electron chi connectivity index (χ0n) is 17.8. The van der Waals surface area contributed by atoms with Crippen molar-refractivity contribution >= 4 is 35.3 Å². The summed E-state index contributed by atoms with van der Waals surface area (Å²) in [6.45, 7) is 7.53. The van der Waals surface area contributed by atoms with Crippen LogP contribution in [0.1, 0.15) is 26.3 Å². The van der Waals surface area contributed by atoms with Crippen LogP contribution in [0.5, 0.6) is 0 Å². The molecule has 31 heavy (non-hydrogen) atoms. The minimum absolute atomic E-state index is 0.0160. The summed E-state index contributed by atoms with van der Waals surface area (Å²) in [5.41, 5.74) is 2.37. The summed E-state index contributed by atoms with van der Waals surface area (Å²) < 4.78 is 1.89. The Kier molecular flexibility index (Phi) is 7.02. The largest absolute Gasteiger partial charge is 0.333 e. The molecule has 0 aliphatic carbocycles. The lowest BCUT2D eigenvalue weighted by atomic mass is 10.1. The van der Waals surface area contributed by atoms with E-state index < -0.39 is 17.5 Å². The van der Waals surface area contributed by atoms with Crippen molar-refractivity contribution in [2.75, 3.05) is 5.75 Å². The molecule has 3 aromatic rings. The molecule has 0 spiro atoms. The molecule has 0 aliphatic rings. The molecule has 0 radical (unpaired) electrons. The summed E-state index contributed by atoms with van der Waals surface area (Å²) in [7, 11) is 0. The third-order valence-electron chi connectivity index (χ3n) is 4.07. The number of benzene rings is 2. The maximum Gasteiger partial charge on any atom is 0.321 e. The maximum atomic E-state index is 12.3. The molecule has 1 aromatic heterocycles. The number of hydrogen-bond donors (Lipinski definition) is 2. The lowest BCUT2D eigenvalue weighted by Gasteiger charge is -2.20. The van der Waals surface area contributed by atoms with Crippen LogP contribution in [0.25, 0.3) is 17.1 Å². The van der Waals surface area contributed by atoms with Crippen LogP contribution in [0.2, 0.25) is 5.02 Å². The van der Waals surface area contributed by atoms with E-state index >= 15 is 0 Å². The number of amides is 3. The van der Waals surface area contributed by atoms with Crippen molar-refractivity contribution in [1.29, 1.82) is 0 Å². The predicted octanol–water partition coefficient (Wildman–Crippen LogP) is 4.61. The molecule has 1 heterocycles. The van der Waals surface area contributed by atoms with Gasteiger partial charge in [0.2, 0.25) is 5.91 Å². The maximum absolute atomic E-state index is 12.3. The van der Waals surface area contributed by atoms with Crippen LogP contribution in [0.15, 0.2) is 53.7 Å². The van der Waals surface area contributed by atoms with Crippen molar-refractivity contribution in [3.8, 4) is 17.1 Å². The van der Waals surface area contributed by atoms with Crippen LogP contribution in [-0.2, 0) is 4.79 Å². The average Bonchev–Trinajstić information content (AvgIpc) is 3.09. The number of thioether (sulfide) groups is 1. The van der Waals surface area contributed by atoms with Gasteiger partial charge in [-0.1, -0.05) is 35.5 Å². The zero-order valence-corrected chi connectivity index (χ0v) is 19.3. The topological polar surface area (TPSA) is 88.9 Å². The second-order valence-corrected chi connectivity index (χ2v) is 9.41. The molecule has 0 bridgehead atoms. The van der Waals surface area contributed by atoms with Gasteiger partial charge in [-0.2, -0.15) is 0 Å². The second-order valence-electron chi connectivity index (χ2n) is 8.03. The first kappa shape index (κ1) is 22.8. The monoisotopic (exact) mass is 457 g/mol. The third kappa shape index (κ3) is 6.32. The van der Waals surface area contributed by atoms with E-state index in [2.05, 4.69) is 20.8 Å². The minimum Gasteiger partial charge on any atom is -0.333 e. The summed E-state index contributed by atoms with van der Waals surface area (Å²) in [5, 5.41) is 14.9. The molecule has 162 valence electrons. The fourth-order valence-electron chi connectivity index (χ4n) is 2.81. The molecule has 2 aromatic carbocycles. The number of carbonyl (C=O) groups excluding carboxylic acids is 2. The fourth-order valence-corrected chi connectivity index (χ4v) is 3.69. The first-order chi connectivity index (χ1) is 14.6. The Morgan fingerprint density at radius 1 is 1.10 bits per heavy atom. The first-order valence-corrected chi connectivity index (χ1v) is 11.0. The molecule has 0 fully saturated rings. The number of aryl methyl sites for hydroxylation is 1. The van der Waals surface area contributed by atoms with Gasteiger partial charge in [-0.25, -0.2) is 4.79 Å². The number of aromatic nitrogens is 3. The second kappa shape index (κ2) is 9.53. The highest BCUT2D eigenvalue weighted by atomic mass is 35.5. The molecule has 0 saturated heterocycles. The van der Waals surface area contributed by atoms with Crippen molar-refractivity contribution in [3.05, 3.63) is 59.1 Å². The molecule has 7 nitrogen and oxygen atoms in total. The van der Waals surface area contributed by atoms with E-state index in [1.54, 1.807) is 12.1 Å². The zero-order chi connectivity index (χ0) is 22.6. The van der Waals surface area contributed by atoms with Crippen LogP contribution in [0, 0.1) is 6.92 Å². The first-order valence-electron chi connectivity index (χ1n) is 9.65. The summed E-state index contributed by atoms with van der Waals surface area (Å²) in [6, 6.07) is 14.7. The van der Waals surface area contributed by atoms with Crippen molar-refractivity contribution in [3.63, 3.8) is 0 Å². The minimum atomic E-state index is -0.528. The van der Waals surface area contributed by atoms with Crippen LogP contribution in [0.3, 0.4) is 0 Å². The highest BCUT2D eigenvalue weighted by Gasteiger charge is 2.19. The lowest BCUT2D eigenvalue weighted by molar-refractivity contribution is -0.117. The van der Waals surface area contributed by atoms with Crippen LogP contribution in [-0.4, -0.2) is 38.0 Å². The summed E-state index contributed by atoms with van der Waals surface area (Å²) in [4.78, 5) is 24.2. The van der Waals surface area contributed by atoms with E-state index in [1.807, 2.05) is 68.7 Å². The summed E-state index contributed by atoms with van der Waals surface area (Å²) in [6.07, 6.45) is 0. The van der Waals surface area contributed by atoms with Gasteiger partial charge >= 0.3 is 6.03 Å². The van der Waals surface area contributed by atoms with Gasteiger partial charge in [0.25, 0.3) is 0 Å². The number of halogens is 1. The Bertz CT molecular complexity index is 1090. The van der Waals surface area contributed by atoms with Gasteiger partial charge in [0.05, 0.1) is 5.75 Å². The van der Waals surface area contributed by atoms with Crippen LogP contribution >= 0.6 is 23.4 Å².